The molecular formula is C24H23N3O6. The molecule has 0 radical (unpaired) electrons. The normalized spacial score (nSPS) is 10.6. The maximum absolute atomic E-state index is 12.2. The number of carbonyl (C=O) groups excluding carboxylic acids is 1. The van der Waals surface area contributed by atoms with Gasteiger partial charge in [0.1, 0.15) is 12.4 Å². The summed E-state index contributed by atoms with van der Waals surface area (Å²) in [6, 6.07) is 18.2. The van der Waals surface area contributed by atoms with Crippen molar-refractivity contribution in [3.63, 3.8) is 0 Å². The highest BCUT2D eigenvalue weighted by molar-refractivity contribution is 5.95. The number of rotatable bonds is 10. The van der Waals surface area contributed by atoms with Crippen LogP contribution in [0.1, 0.15) is 28.4 Å². The summed E-state index contributed by atoms with van der Waals surface area (Å²) < 4.78 is 16.6. The smallest absolute Gasteiger partial charge is 0.271 e. The third kappa shape index (κ3) is 6.54. The first kappa shape index (κ1) is 23.3. The molecule has 0 saturated carbocycles. The molecule has 9 nitrogen and oxygen atoms in total. The molecule has 170 valence electrons. The van der Waals surface area contributed by atoms with Crippen molar-refractivity contribution >= 4 is 17.8 Å². The minimum Gasteiger partial charge on any atom is -0.497 e. The van der Waals surface area contributed by atoms with Crippen LogP contribution in [0.3, 0.4) is 0 Å². The maximum Gasteiger partial charge on any atom is 0.271 e. The number of hydrogen-bond donors (Lipinski definition) is 1. The van der Waals surface area contributed by atoms with Crippen LogP contribution in [0.15, 0.2) is 71.8 Å². The van der Waals surface area contributed by atoms with Gasteiger partial charge in [-0.05, 0) is 66.6 Å². The Kier molecular flexibility index (Phi) is 7.96. The molecule has 3 rings (SSSR count). The van der Waals surface area contributed by atoms with E-state index in [2.05, 4.69) is 10.5 Å². The number of non-ortho nitro benzene ring substituents is 1. The van der Waals surface area contributed by atoms with Gasteiger partial charge in [0.25, 0.3) is 11.6 Å². The zero-order valence-electron chi connectivity index (χ0n) is 18.2. The van der Waals surface area contributed by atoms with E-state index in [1.165, 1.54) is 25.5 Å². The van der Waals surface area contributed by atoms with Gasteiger partial charge in [-0.2, -0.15) is 5.10 Å². The summed E-state index contributed by atoms with van der Waals surface area (Å²) in [4.78, 5) is 22.6. The first-order valence-corrected chi connectivity index (χ1v) is 10.1. The second kappa shape index (κ2) is 11.3. The first-order valence-electron chi connectivity index (χ1n) is 10.1. The summed E-state index contributed by atoms with van der Waals surface area (Å²) in [5, 5.41) is 14.8. The number of nitrogens with one attached hydrogen (secondary N) is 1. The number of nitro groups is 1. The number of hydrazone groups is 1. The molecule has 1 amide bonds. The molecular weight excluding hydrogens is 426 g/mol. The number of nitrogens with zero attached hydrogens (tertiary/aromatic N) is 2. The molecule has 9 heteroatoms. The van der Waals surface area contributed by atoms with Crippen LogP contribution in [-0.4, -0.2) is 30.8 Å². The molecule has 0 atom stereocenters. The zero-order valence-corrected chi connectivity index (χ0v) is 18.2. The van der Waals surface area contributed by atoms with E-state index in [-0.39, 0.29) is 18.2 Å². The van der Waals surface area contributed by atoms with Crippen molar-refractivity contribution in [1.29, 1.82) is 0 Å². The number of carbonyl (C=O) groups is 1. The molecule has 0 saturated heterocycles. The van der Waals surface area contributed by atoms with Gasteiger partial charge in [0, 0.05) is 17.7 Å². The molecule has 1 N–H and O–H groups in total. The molecule has 0 aliphatic rings. The quantitative estimate of drug-likeness (QED) is 0.280. The summed E-state index contributed by atoms with van der Waals surface area (Å²) in [5.41, 5.74) is 4.42. The Morgan fingerprint density at radius 1 is 1.06 bits per heavy atom. The fraction of sp³-hybridized carbons (Fsp3) is 0.167. The first-order chi connectivity index (χ1) is 16.0. The van der Waals surface area contributed by atoms with E-state index in [0.717, 1.165) is 5.56 Å². The third-order valence-corrected chi connectivity index (χ3v) is 4.52. The molecule has 33 heavy (non-hydrogen) atoms. The Bertz CT molecular complexity index is 1150. The van der Waals surface area contributed by atoms with Gasteiger partial charge in [0.15, 0.2) is 11.5 Å². The highest BCUT2D eigenvalue weighted by atomic mass is 16.6. The van der Waals surface area contributed by atoms with Crippen LogP contribution in [0.2, 0.25) is 0 Å². The van der Waals surface area contributed by atoms with Gasteiger partial charge in [-0.25, -0.2) is 5.43 Å². The Morgan fingerprint density at radius 2 is 1.85 bits per heavy atom. The van der Waals surface area contributed by atoms with E-state index >= 15 is 0 Å². The number of benzene rings is 3. The Morgan fingerprint density at radius 3 is 2.55 bits per heavy atom. The minimum absolute atomic E-state index is 0.0240. The number of hydrogen-bond acceptors (Lipinski definition) is 7. The number of ether oxygens (including phenoxy) is 3. The summed E-state index contributed by atoms with van der Waals surface area (Å²) in [6.07, 6.45) is 1.50. The van der Waals surface area contributed by atoms with Crippen LogP contribution in [-0.2, 0) is 6.61 Å². The molecule has 0 aliphatic heterocycles. The van der Waals surface area contributed by atoms with Crippen molar-refractivity contribution < 1.29 is 23.9 Å². The SMILES string of the molecule is CCOc1cc(/C=N\NC(=O)c2cccc(OC)c2)ccc1OCc1ccc([N+](=O)[O-])cc1. The van der Waals surface area contributed by atoms with Gasteiger partial charge in [-0.15, -0.1) is 0 Å². The van der Waals surface area contributed by atoms with Gasteiger partial charge < -0.3 is 14.2 Å². The second-order valence-corrected chi connectivity index (χ2v) is 6.78. The number of amides is 1. The van der Waals surface area contributed by atoms with Crippen molar-refractivity contribution in [1.82, 2.24) is 5.43 Å². The van der Waals surface area contributed by atoms with Crippen molar-refractivity contribution in [2.75, 3.05) is 13.7 Å². The van der Waals surface area contributed by atoms with Crippen molar-refractivity contribution in [2.24, 2.45) is 5.10 Å². The Balaban J connectivity index is 1.64. The average Bonchev–Trinajstić information content (AvgIpc) is 2.84. The summed E-state index contributed by atoms with van der Waals surface area (Å²) in [7, 11) is 1.53. The highest BCUT2D eigenvalue weighted by Crippen LogP contribution is 2.29. The standard InChI is InChI=1S/C24H23N3O6/c1-3-32-23-13-18(15-25-26-24(28)19-5-4-6-21(14-19)31-2)9-12-22(23)33-16-17-7-10-20(11-8-17)27(29)30/h4-15H,3,16H2,1-2H3,(H,26,28)/b25-15-. The second-order valence-electron chi connectivity index (χ2n) is 6.78. The van der Waals surface area contributed by atoms with Crippen LogP contribution in [0.25, 0.3) is 0 Å². The van der Waals surface area contributed by atoms with Gasteiger partial charge in [0.05, 0.1) is 24.9 Å². The van der Waals surface area contributed by atoms with Crippen LogP contribution in [0, 0.1) is 10.1 Å². The van der Waals surface area contributed by atoms with Gasteiger partial charge in [0.2, 0.25) is 0 Å². The Hall–Kier alpha value is -4.40. The van der Waals surface area contributed by atoms with Crippen molar-refractivity contribution in [3.8, 4) is 17.2 Å². The lowest BCUT2D eigenvalue weighted by molar-refractivity contribution is -0.384. The van der Waals surface area contributed by atoms with E-state index in [1.54, 1.807) is 54.6 Å². The topological polar surface area (TPSA) is 112 Å². The van der Waals surface area contributed by atoms with Gasteiger partial charge in [-0.1, -0.05) is 6.07 Å². The van der Waals surface area contributed by atoms with Crippen LogP contribution in [0.5, 0.6) is 17.2 Å². The largest absolute Gasteiger partial charge is 0.497 e. The Labute approximate surface area is 190 Å². The molecule has 3 aromatic rings. The summed E-state index contributed by atoms with van der Waals surface area (Å²) >= 11 is 0. The molecule has 0 aliphatic carbocycles. The molecule has 0 aromatic heterocycles. The van der Waals surface area contributed by atoms with E-state index < -0.39 is 4.92 Å². The number of methoxy groups -OCH3 is 1. The molecule has 0 fully saturated rings. The van der Waals surface area contributed by atoms with Gasteiger partial charge in [-0.3, -0.25) is 14.9 Å². The average molecular weight is 449 g/mol. The molecule has 0 heterocycles. The summed E-state index contributed by atoms with van der Waals surface area (Å²) in [5.74, 6) is 1.26. The third-order valence-electron chi connectivity index (χ3n) is 4.52. The predicted octanol–water partition coefficient (Wildman–Crippen LogP) is 4.35. The minimum atomic E-state index is -0.447. The summed E-state index contributed by atoms with van der Waals surface area (Å²) in [6.45, 7) is 2.51. The zero-order chi connectivity index (χ0) is 23.6. The number of nitro benzene ring substituents is 1. The van der Waals surface area contributed by atoms with Crippen LogP contribution >= 0.6 is 0 Å². The fourth-order valence-electron chi connectivity index (χ4n) is 2.86. The molecule has 0 spiro atoms. The lowest BCUT2D eigenvalue weighted by atomic mass is 10.2. The van der Waals surface area contributed by atoms with Crippen LogP contribution in [0.4, 0.5) is 5.69 Å². The van der Waals surface area contributed by atoms with Crippen LogP contribution < -0.4 is 19.6 Å². The van der Waals surface area contributed by atoms with E-state index in [9.17, 15) is 14.9 Å². The lowest BCUT2D eigenvalue weighted by Crippen LogP contribution is -2.17. The van der Waals surface area contributed by atoms with Crippen molar-refractivity contribution in [3.05, 3.63) is 93.5 Å². The fourth-order valence-corrected chi connectivity index (χ4v) is 2.86. The van der Waals surface area contributed by atoms with E-state index in [1.807, 2.05) is 6.92 Å². The molecule has 3 aromatic carbocycles. The predicted molar refractivity (Wildman–Crippen MR) is 123 cm³/mol. The highest BCUT2D eigenvalue weighted by Gasteiger charge is 2.09. The molecule has 0 bridgehead atoms. The van der Waals surface area contributed by atoms with Crippen molar-refractivity contribution in [2.45, 2.75) is 13.5 Å². The van der Waals surface area contributed by atoms with E-state index in [0.29, 0.717) is 35.0 Å². The molecule has 0 unspecified atom stereocenters. The van der Waals surface area contributed by atoms with Gasteiger partial charge >= 0.3 is 0 Å². The maximum atomic E-state index is 12.2. The van der Waals surface area contributed by atoms with E-state index in [4.69, 9.17) is 14.2 Å². The lowest BCUT2D eigenvalue weighted by Gasteiger charge is -2.12. The monoisotopic (exact) mass is 449 g/mol.